The van der Waals surface area contributed by atoms with Crippen molar-refractivity contribution in [3.8, 4) is 0 Å². The molecule has 1 aromatic heterocycles. The van der Waals surface area contributed by atoms with E-state index >= 15 is 0 Å². The molecule has 2 rings (SSSR count). The first-order valence-corrected chi connectivity index (χ1v) is 3.84. The van der Waals surface area contributed by atoms with Gasteiger partial charge in [0.05, 0.1) is 4.92 Å². The highest BCUT2D eigenvalue weighted by Gasteiger charge is 2.26. The summed E-state index contributed by atoms with van der Waals surface area (Å²) in [6, 6.07) is 2.84. The third-order valence-corrected chi connectivity index (χ3v) is 1.70. The number of hydrogen-bond acceptors (Lipinski definition) is 5. The maximum absolute atomic E-state index is 10.6. The molecule has 6 nitrogen and oxygen atoms in total. The van der Waals surface area contributed by atoms with E-state index < -0.39 is 11.2 Å². The molecule has 2 heterocycles. The molecule has 1 aliphatic heterocycles. The molecule has 72 valence electrons. The summed E-state index contributed by atoms with van der Waals surface area (Å²) >= 11 is 0. The molecule has 6 heteroatoms. The summed E-state index contributed by atoms with van der Waals surface area (Å²) in [7, 11) is 0. The van der Waals surface area contributed by atoms with Crippen molar-refractivity contribution < 1.29 is 14.4 Å². The van der Waals surface area contributed by atoms with Crippen molar-refractivity contribution in [2.24, 2.45) is 0 Å². The van der Waals surface area contributed by atoms with Gasteiger partial charge in [-0.05, 0) is 6.07 Å². The lowest BCUT2D eigenvalue weighted by molar-refractivity contribution is -0.387. The van der Waals surface area contributed by atoms with Gasteiger partial charge in [-0.2, -0.15) is 0 Å². The van der Waals surface area contributed by atoms with E-state index in [0.29, 0.717) is 0 Å². The maximum Gasteiger partial charge on any atom is 0.298 e. The van der Waals surface area contributed by atoms with Gasteiger partial charge in [0.2, 0.25) is 0 Å². The number of ether oxygens (including phenoxy) is 2. The molecule has 0 saturated carbocycles. The third kappa shape index (κ3) is 1.37. The third-order valence-electron chi connectivity index (χ3n) is 1.70. The van der Waals surface area contributed by atoms with Crippen LogP contribution in [0.2, 0.25) is 0 Å². The zero-order valence-corrected chi connectivity index (χ0v) is 6.99. The number of nitro groups is 1. The van der Waals surface area contributed by atoms with Crippen LogP contribution in [0.1, 0.15) is 12.0 Å². The molecule has 0 aliphatic carbocycles. The molecule has 0 radical (unpaired) electrons. The van der Waals surface area contributed by atoms with Crippen LogP contribution < -0.4 is 0 Å². The summed E-state index contributed by atoms with van der Waals surface area (Å²) in [6.07, 6.45) is 3.29. The largest absolute Gasteiger partial charge is 0.453 e. The molecule has 14 heavy (non-hydrogen) atoms. The quantitative estimate of drug-likeness (QED) is 0.526. The van der Waals surface area contributed by atoms with E-state index in [1.807, 2.05) is 0 Å². The highest BCUT2D eigenvalue weighted by molar-refractivity contribution is 5.35. The van der Waals surface area contributed by atoms with Crippen molar-refractivity contribution in [3.63, 3.8) is 0 Å². The lowest BCUT2D eigenvalue weighted by Gasteiger charge is -2.08. The Hall–Kier alpha value is -2.11. The van der Waals surface area contributed by atoms with Crippen LogP contribution in [-0.4, -0.2) is 9.91 Å². The topological polar surface area (TPSA) is 74.5 Å². The second-order valence-corrected chi connectivity index (χ2v) is 2.54. The SMILES string of the molecule is O=[N+]([O-])c1cccnc1C1OC=CO1. The Morgan fingerprint density at radius 3 is 2.79 bits per heavy atom. The van der Waals surface area contributed by atoms with E-state index in [4.69, 9.17) is 9.47 Å². The van der Waals surface area contributed by atoms with Crippen LogP contribution >= 0.6 is 0 Å². The maximum atomic E-state index is 10.6. The molecule has 1 aliphatic rings. The zero-order valence-electron chi connectivity index (χ0n) is 6.99. The van der Waals surface area contributed by atoms with Gasteiger partial charge >= 0.3 is 0 Å². The molecular weight excluding hydrogens is 188 g/mol. The highest BCUT2D eigenvalue weighted by atomic mass is 16.7. The molecule has 1 aromatic rings. The van der Waals surface area contributed by atoms with Crippen LogP contribution in [-0.2, 0) is 9.47 Å². The zero-order chi connectivity index (χ0) is 9.97. The first-order valence-electron chi connectivity index (χ1n) is 3.84. The Morgan fingerprint density at radius 1 is 1.43 bits per heavy atom. The van der Waals surface area contributed by atoms with E-state index in [2.05, 4.69) is 4.98 Å². The lowest BCUT2D eigenvalue weighted by atomic mass is 10.3. The van der Waals surface area contributed by atoms with Crippen LogP contribution in [0.4, 0.5) is 5.69 Å². The summed E-state index contributed by atoms with van der Waals surface area (Å²) in [5, 5.41) is 10.6. The van der Waals surface area contributed by atoms with Gasteiger partial charge in [0.15, 0.2) is 5.69 Å². The van der Waals surface area contributed by atoms with Gasteiger partial charge in [0.1, 0.15) is 12.5 Å². The predicted molar refractivity (Wildman–Crippen MR) is 44.9 cm³/mol. The molecule has 0 bridgehead atoms. The van der Waals surface area contributed by atoms with Crippen LogP contribution in [0.3, 0.4) is 0 Å². The molecule has 0 unspecified atom stereocenters. The molecule has 0 N–H and O–H groups in total. The van der Waals surface area contributed by atoms with Crippen molar-refractivity contribution in [3.05, 3.63) is 46.7 Å². The van der Waals surface area contributed by atoms with Gasteiger partial charge in [0, 0.05) is 12.3 Å². The second-order valence-electron chi connectivity index (χ2n) is 2.54. The van der Waals surface area contributed by atoms with E-state index in [0.717, 1.165) is 0 Å². The molecule has 0 aromatic carbocycles. The van der Waals surface area contributed by atoms with Crippen molar-refractivity contribution in [2.75, 3.05) is 0 Å². The molecule has 0 spiro atoms. The van der Waals surface area contributed by atoms with Crippen LogP contribution in [0.25, 0.3) is 0 Å². The Bertz CT molecular complexity index is 383. The number of hydrogen-bond donors (Lipinski definition) is 0. The molecule has 0 saturated heterocycles. The highest BCUT2D eigenvalue weighted by Crippen LogP contribution is 2.28. The normalized spacial score (nSPS) is 14.9. The summed E-state index contributed by atoms with van der Waals surface area (Å²) in [4.78, 5) is 13.9. The fourth-order valence-corrected chi connectivity index (χ4v) is 1.11. The van der Waals surface area contributed by atoms with Crippen LogP contribution in [0.5, 0.6) is 0 Å². The number of pyridine rings is 1. The van der Waals surface area contributed by atoms with Crippen LogP contribution in [0.15, 0.2) is 30.9 Å². The smallest absolute Gasteiger partial charge is 0.298 e. The van der Waals surface area contributed by atoms with Gasteiger partial charge in [-0.25, -0.2) is 4.98 Å². The Morgan fingerprint density at radius 2 is 2.14 bits per heavy atom. The number of nitrogens with zero attached hydrogens (tertiary/aromatic N) is 2. The molecule has 0 fully saturated rings. The summed E-state index contributed by atoms with van der Waals surface area (Å²) < 4.78 is 9.92. The minimum Gasteiger partial charge on any atom is -0.453 e. The Balaban J connectivity index is 2.36. The van der Waals surface area contributed by atoms with Gasteiger partial charge in [-0.15, -0.1) is 0 Å². The van der Waals surface area contributed by atoms with Crippen molar-refractivity contribution in [1.29, 1.82) is 0 Å². The molecule has 0 atom stereocenters. The Kier molecular flexibility index (Phi) is 2.02. The minimum absolute atomic E-state index is 0.110. The van der Waals surface area contributed by atoms with Crippen molar-refractivity contribution >= 4 is 5.69 Å². The van der Waals surface area contributed by atoms with Crippen molar-refractivity contribution in [1.82, 2.24) is 4.98 Å². The molecule has 0 amide bonds. The first-order chi connectivity index (χ1) is 6.79. The first kappa shape index (κ1) is 8.49. The van der Waals surface area contributed by atoms with Crippen LogP contribution in [0, 0.1) is 10.1 Å². The Labute approximate surface area is 78.9 Å². The fourth-order valence-electron chi connectivity index (χ4n) is 1.11. The van der Waals surface area contributed by atoms with Gasteiger partial charge in [-0.3, -0.25) is 10.1 Å². The standard InChI is InChI=1S/C8H6N2O4/c11-10(12)6-2-1-3-9-7(6)8-13-4-5-14-8/h1-5,8H. The van der Waals surface area contributed by atoms with Gasteiger partial charge < -0.3 is 9.47 Å². The summed E-state index contributed by atoms with van der Waals surface area (Å²) in [5.74, 6) is 0. The molecular formula is C8H6N2O4. The van der Waals surface area contributed by atoms with E-state index in [9.17, 15) is 10.1 Å². The number of rotatable bonds is 2. The summed E-state index contributed by atoms with van der Waals surface area (Å²) in [5.41, 5.74) is 0.0590. The van der Waals surface area contributed by atoms with E-state index in [1.165, 1.54) is 30.9 Å². The minimum atomic E-state index is -0.809. The average Bonchev–Trinajstić information content (AvgIpc) is 2.70. The lowest BCUT2D eigenvalue weighted by Crippen LogP contribution is -2.05. The second kappa shape index (κ2) is 3.33. The summed E-state index contributed by atoms with van der Waals surface area (Å²) in [6.45, 7) is 0. The predicted octanol–water partition coefficient (Wildman–Crippen LogP) is 1.51. The van der Waals surface area contributed by atoms with Crippen molar-refractivity contribution in [2.45, 2.75) is 6.29 Å². The van der Waals surface area contributed by atoms with E-state index in [-0.39, 0.29) is 11.4 Å². The van der Waals surface area contributed by atoms with Gasteiger partial charge in [0.25, 0.3) is 12.0 Å². The monoisotopic (exact) mass is 194 g/mol. The van der Waals surface area contributed by atoms with E-state index in [1.54, 1.807) is 0 Å². The average molecular weight is 194 g/mol. The van der Waals surface area contributed by atoms with Gasteiger partial charge in [-0.1, -0.05) is 0 Å². The number of aromatic nitrogens is 1. The fraction of sp³-hybridized carbons (Fsp3) is 0.125.